The van der Waals surface area contributed by atoms with Gasteiger partial charge in [0.05, 0.1) is 13.3 Å². The van der Waals surface area contributed by atoms with E-state index in [-0.39, 0.29) is 20.0 Å². The Bertz CT molecular complexity index is 78.0. The van der Waals surface area contributed by atoms with Gasteiger partial charge in [0.2, 0.25) is 0 Å². The first-order valence-corrected chi connectivity index (χ1v) is 2.80. The normalized spacial score (nSPS) is 27.0. The van der Waals surface area contributed by atoms with Crippen molar-refractivity contribution in [3.8, 4) is 0 Å². The summed E-state index contributed by atoms with van der Waals surface area (Å²) < 4.78 is 1.25. The molecule has 0 saturated carbocycles. The molecule has 54 valence electrons. The summed E-state index contributed by atoms with van der Waals surface area (Å²) >= 11 is 5.44. The van der Waals surface area contributed by atoms with Gasteiger partial charge in [-0.1, -0.05) is 0 Å². The second-order valence-corrected chi connectivity index (χ2v) is 2.38. The Morgan fingerprint density at radius 3 is 1.78 bits per heavy atom. The number of hydroxylamine groups is 4. The zero-order chi connectivity index (χ0) is 6.85. The second kappa shape index (κ2) is 2.78. The third-order valence-corrected chi connectivity index (χ3v) is 1.17. The largest absolute Gasteiger partial charge is 0.311 e. The molecule has 0 unspecified atom stereocenters. The van der Waals surface area contributed by atoms with Crippen LogP contribution in [0.4, 0.5) is 0 Å². The molecule has 0 aromatic rings. The van der Waals surface area contributed by atoms with Gasteiger partial charge >= 0.3 is 0 Å². The molecule has 0 bridgehead atoms. The fourth-order valence-corrected chi connectivity index (χ4v) is 0.924. The molecule has 6 heteroatoms. The minimum Gasteiger partial charge on any atom is -0.311 e. The van der Waals surface area contributed by atoms with Crippen molar-refractivity contribution in [2.24, 2.45) is 0 Å². The standard InChI is InChI=1S/C3H8ClN3O2/c4-5-1-6(8)3-7(9)2-5/h8-9H,1-3H2. The third kappa shape index (κ3) is 2.05. The van der Waals surface area contributed by atoms with Gasteiger partial charge in [-0.2, -0.15) is 14.5 Å². The molecule has 1 rings (SSSR count). The van der Waals surface area contributed by atoms with Crippen LogP contribution in [0.25, 0.3) is 0 Å². The van der Waals surface area contributed by atoms with Crippen molar-refractivity contribution in [1.82, 2.24) is 14.5 Å². The molecule has 1 saturated heterocycles. The molecule has 1 aliphatic heterocycles. The Labute approximate surface area is 57.7 Å². The van der Waals surface area contributed by atoms with Crippen molar-refractivity contribution in [3.63, 3.8) is 0 Å². The Morgan fingerprint density at radius 1 is 1.00 bits per heavy atom. The Balaban J connectivity index is 2.34. The molecule has 0 radical (unpaired) electrons. The third-order valence-electron chi connectivity index (χ3n) is 0.960. The first-order valence-electron chi connectivity index (χ1n) is 2.47. The predicted molar refractivity (Wildman–Crippen MR) is 29.5 cm³/mol. The number of nitrogens with zero attached hydrogens (tertiary/aromatic N) is 3. The molecule has 9 heavy (non-hydrogen) atoms. The molecule has 0 atom stereocenters. The number of halogens is 1. The molecule has 0 aromatic heterocycles. The maximum Gasteiger partial charge on any atom is 0.102 e. The molecule has 0 aliphatic carbocycles. The summed E-state index contributed by atoms with van der Waals surface area (Å²) in [4.78, 5) is 0. The van der Waals surface area contributed by atoms with E-state index in [0.717, 1.165) is 10.1 Å². The van der Waals surface area contributed by atoms with E-state index in [1.54, 1.807) is 0 Å². The van der Waals surface area contributed by atoms with Gasteiger partial charge in [0, 0.05) is 0 Å². The molecule has 2 N–H and O–H groups in total. The van der Waals surface area contributed by atoms with E-state index in [9.17, 15) is 0 Å². The van der Waals surface area contributed by atoms with E-state index in [1.165, 1.54) is 4.42 Å². The van der Waals surface area contributed by atoms with E-state index >= 15 is 0 Å². The maximum absolute atomic E-state index is 8.76. The highest BCUT2D eigenvalue weighted by molar-refractivity contribution is 6.13. The molecule has 5 nitrogen and oxygen atoms in total. The zero-order valence-corrected chi connectivity index (χ0v) is 5.49. The fourth-order valence-electron chi connectivity index (χ4n) is 0.677. The van der Waals surface area contributed by atoms with Crippen LogP contribution in [-0.2, 0) is 0 Å². The van der Waals surface area contributed by atoms with Gasteiger partial charge in [-0.05, 0) is 11.8 Å². The Morgan fingerprint density at radius 2 is 1.44 bits per heavy atom. The van der Waals surface area contributed by atoms with Crippen molar-refractivity contribution < 1.29 is 10.4 Å². The van der Waals surface area contributed by atoms with E-state index in [1.807, 2.05) is 0 Å². The topological polar surface area (TPSA) is 50.2 Å². The lowest BCUT2D eigenvalue weighted by Gasteiger charge is -2.31. The maximum atomic E-state index is 8.76. The fraction of sp³-hybridized carbons (Fsp3) is 1.00. The lowest BCUT2D eigenvalue weighted by Crippen LogP contribution is -2.48. The van der Waals surface area contributed by atoms with Crippen LogP contribution in [0, 0.1) is 0 Å². The monoisotopic (exact) mass is 153 g/mol. The predicted octanol–water partition coefficient (Wildman–Crippen LogP) is -0.289. The first-order chi connectivity index (χ1) is 4.18. The molecule has 0 aromatic carbocycles. The summed E-state index contributed by atoms with van der Waals surface area (Å²) in [6.07, 6.45) is 0. The minimum absolute atomic E-state index is 0.114. The van der Waals surface area contributed by atoms with Gasteiger partial charge in [0.15, 0.2) is 0 Å². The van der Waals surface area contributed by atoms with Crippen LogP contribution in [0.3, 0.4) is 0 Å². The second-order valence-electron chi connectivity index (χ2n) is 1.90. The van der Waals surface area contributed by atoms with Crippen LogP contribution in [0.5, 0.6) is 0 Å². The van der Waals surface area contributed by atoms with Gasteiger partial charge in [-0.15, -0.1) is 0 Å². The highest BCUT2D eigenvalue weighted by Gasteiger charge is 2.18. The lowest BCUT2D eigenvalue weighted by molar-refractivity contribution is -0.256. The molecular weight excluding hydrogens is 146 g/mol. The van der Waals surface area contributed by atoms with Crippen molar-refractivity contribution >= 4 is 11.8 Å². The summed E-state index contributed by atoms with van der Waals surface area (Å²) in [6, 6.07) is 0. The minimum atomic E-state index is 0.114. The summed E-state index contributed by atoms with van der Waals surface area (Å²) in [5.41, 5.74) is 0. The van der Waals surface area contributed by atoms with Crippen molar-refractivity contribution in [2.45, 2.75) is 0 Å². The van der Waals surface area contributed by atoms with Crippen molar-refractivity contribution in [3.05, 3.63) is 0 Å². The van der Waals surface area contributed by atoms with Crippen LogP contribution >= 0.6 is 11.8 Å². The average molecular weight is 154 g/mol. The molecule has 0 spiro atoms. The van der Waals surface area contributed by atoms with Gasteiger partial charge in [-0.3, -0.25) is 0 Å². The van der Waals surface area contributed by atoms with Gasteiger partial charge in [0.25, 0.3) is 0 Å². The zero-order valence-electron chi connectivity index (χ0n) is 4.74. The smallest absolute Gasteiger partial charge is 0.102 e. The van der Waals surface area contributed by atoms with Crippen LogP contribution in [0.1, 0.15) is 0 Å². The van der Waals surface area contributed by atoms with Crippen LogP contribution in [0.15, 0.2) is 0 Å². The van der Waals surface area contributed by atoms with Gasteiger partial charge < -0.3 is 10.4 Å². The molecule has 1 aliphatic rings. The highest BCUT2D eigenvalue weighted by atomic mass is 35.5. The number of rotatable bonds is 0. The Kier molecular flexibility index (Phi) is 2.23. The average Bonchev–Trinajstić information content (AvgIpc) is 1.59. The van der Waals surface area contributed by atoms with Gasteiger partial charge in [-0.25, -0.2) is 0 Å². The van der Waals surface area contributed by atoms with Crippen molar-refractivity contribution in [2.75, 3.05) is 20.0 Å². The first kappa shape index (κ1) is 7.20. The van der Waals surface area contributed by atoms with E-state index < -0.39 is 0 Å². The van der Waals surface area contributed by atoms with E-state index in [4.69, 9.17) is 22.2 Å². The summed E-state index contributed by atoms with van der Waals surface area (Å²) in [7, 11) is 0. The van der Waals surface area contributed by atoms with E-state index in [2.05, 4.69) is 0 Å². The summed E-state index contributed by atoms with van der Waals surface area (Å²) in [6.45, 7) is 0.612. The Hall–Kier alpha value is 0.0900. The summed E-state index contributed by atoms with van der Waals surface area (Å²) in [5, 5.41) is 19.3. The van der Waals surface area contributed by atoms with Gasteiger partial charge in [0.1, 0.15) is 6.67 Å². The number of hydrogen-bond donors (Lipinski definition) is 2. The molecule has 1 heterocycles. The summed E-state index contributed by atoms with van der Waals surface area (Å²) in [5.74, 6) is 0. The van der Waals surface area contributed by atoms with Crippen LogP contribution in [0.2, 0.25) is 0 Å². The quantitative estimate of drug-likeness (QED) is 0.469. The van der Waals surface area contributed by atoms with Crippen LogP contribution < -0.4 is 0 Å². The van der Waals surface area contributed by atoms with Crippen LogP contribution in [-0.4, -0.2) is 45.0 Å². The highest BCUT2D eigenvalue weighted by Crippen LogP contribution is 2.03. The SMILES string of the molecule is ON1CN(O)CN(Cl)C1. The lowest BCUT2D eigenvalue weighted by atomic mass is 10.7. The number of hydrogen-bond acceptors (Lipinski definition) is 5. The molecular formula is C3H8ClN3O2. The molecule has 1 fully saturated rings. The molecule has 0 amide bonds. The van der Waals surface area contributed by atoms with E-state index in [0.29, 0.717) is 0 Å². The van der Waals surface area contributed by atoms with Crippen molar-refractivity contribution in [1.29, 1.82) is 0 Å².